The molecule has 4 bridgehead atoms. The van der Waals surface area contributed by atoms with E-state index in [1.807, 2.05) is 12.2 Å². The Morgan fingerprint density at radius 1 is 1.32 bits per heavy atom. The number of hydrogen-bond donors (Lipinski definition) is 0. The van der Waals surface area contributed by atoms with E-state index in [1.165, 1.54) is 32.1 Å². The van der Waals surface area contributed by atoms with E-state index in [1.54, 1.807) is 0 Å². The number of allylic oxidation sites excluding steroid dienone is 3. The summed E-state index contributed by atoms with van der Waals surface area (Å²) in [6.45, 7) is 6.13. The zero-order valence-corrected chi connectivity index (χ0v) is 11.9. The Labute approximate surface area is 116 Å². The molecule has 19 heavy (non-hydrogen) atoms. The van der Waals surface area contributed by atoms with Crippen LogP contribution in [0.15, 0.2) is 24.8 Å². The van der Waals surface area contributed by atoms with E-state index in [2.05, 4.69) is 19.6 Å². The van der Waals surface area contributed by atoms with Crippen LogP contribution in [-0.2, 0) is 4.79 Å². The summed E-state index contributed by atoms with van der Waals surface area (Å²) in [6, 6.07) is 0. The fourth-order valence-electron chi connectivity index (χ4n) is 6.61. The molecule has 0 aromatic heterocycles. The van der Waals surface area contributed by atoms with Crippen molar-refractivity contribution in [3.8, 4) is 0 Å². The Hall–Kier alpha value is -0.850. The number of ketones is 1. The summed E-state index contributed by atoms with van der Waals surface area (Å²) in [4.78, 5) is 12.5. The summed E-state index contributed by atoms with van der Waals surface area (Å²) in [5.74, 6) is 3.63. The number of carbonyl (C=O) groups excluding carboxylic acids is 1. The predicted octanol–water partition coefficient (Wildman–Crippen LogP) is 4.15. The molecule has 0 N–H and O–H groups in total. The minimum atomic E-state index is -0.172. The average Bonchev–Trinajstić information content (AvgIpc) is 2.33. The van der Waals surface area contributed by atoms with Gasteiger partial charge in [-0.15, -0.1) is 6.58 Å². The first-order valence-electron chi connectivity index (χ1n) is 7.92. The molecule has 4 fully saturated rings. The van der Waals surface area contributed by atoms with Crippen LogP contribution in [0.1, 0.15) is 45.4 Å². The molecule has 0 aromatic carbocycles. The zero-order valence-electron chi connectivity index (χ0n) is 11.9. The van der Waals surface area contributed by atoms with Gasteiger partial charge in [-0.3, -0.25) is 4.79 Å². The van der Waals surface area contributed by atoms with Gasteiger partial charge in [-0.25, -0.2) is 0 Å². The zero-order chi connectivity index (χ0) is 13.3. The molecule has 0 amide bonds. The summed E-state index contributed by atoms with van der Waals surface area (Å²) in [7, 11) is 0. The van der Waals surface area contributed by atoms with Gasteiger partial charge >= 0.3 is 0 Å². The van der Waals surface area contributed by atoms with Crippen LogP contribution in [0.5, 0.6) is 0 Å². The van der Waals surface area contributed by atoms with Crippen LogP contribution < -0.4 is 0 Å². The topological polar surface area (TPSA) is 17.1 Å². The lowest BCUT2D eigenvalue weighted by atomic mass is 9.38. The van der Waals surface area contributed by atoms with Gasteiger partial charge in [0.2, 0.25) is 0 Å². The van der Waals surface area contributed by atoms with Crippen molar-refractivity contribution in [2.45, 2.75) is 45.4 Å². The molecule has 0 aliphatic heterocycles. The molecule has 0 heterocycles. The van der Waals surface area contributed by atoms with Gasteiger partial charge in [-0.2, -0.15) is 0 Å². The highest BCUT2D eigenvalue weighted by Crippen LogP contribution is 2.69. The van der Waals surface area contributed by atoms with Gasteiger partial charge < -0.3 is 0 Å². The van der Waals surface area contributed by atoms with Gasteiger partial charge in [0.1, 0.15) is 0 Å². The van der Waals surface area contributed by atoms with Crippen LogP contribution in [0.2, 0.25) is 0 Å². The van der Waals surface area contributed by atoms with Crippen molar-refractivity contribution in [2.24, 2.45) is 34.5 Å². The summed E-state index contributed by atoms with van der Waals surface area (Å²) in [5, 5.41) is 0. The quantitative estimate of drug-likeness (QED) is 0.678. The molecular weight excluding hydrogens is 232 g/mol. The van der Waals surface area contributed by atoms with Crippen LogP contribution >= 0.6 is 0 Å². The van der Waals surface area contributed by atoms with E-state index < -0.39 is 0 Å². The standard InChI is InChI=1S/C18H24O/c1-3-5-17(2)15(19)4-6-18-10-12-7-13(11-18)9-14(8-12)16(17)18/h3-4,6,12-14,16H,1,5,7-11H2,2H3/t12?,13?,14?,16-,17+,18?/m1/s1. The Balaban J connectivity index is 1.84. The van der Waals surface area contributed by atoms with Crippen molar-refractivity contribution in [1.82, 2.24) is 0 Å². The van der Waals surface area contributed by atoms with Gasteiger partial charge in [0.15, 0.2) is 5.78 Å². The number of carbonyl (C=O) groups is 1. The Morgan fingerprint density at radius 2 is 2.00 bits per heavy atom. The van der Waals surface area contributed by atoms with Crippen molar-refractivity contribution in [3.05, 3.63) is 24.8 Å². The molecule has 1 spiro atoms. The first kappa shape index (κ1) is 11.9. The maximum absolute atomic E-state index is 12.5. The molecule has 102 valence electrons. The van der Waals surface area contributed by atoms with E-state index in [-0.39, 0.29) is 5.41 Å². The van der Waals surface area contributed by atoms with Crippen LogP contribution in [0.4, 0.5) is 0 Å². The molecule has 5 aliphatic rings. The Kier molecular flexibility index (Phi) is 2.27. The molecule has 5 aliphatic carbocycles. The van der Waals surface area contributed by atoms with Gasteiger partial charge in [0.25, 0.3) is 0 Å². The Bertz CT molecular complexity index is 460. The molecular formula is C18H24O. The predicted molar refractivity (Wildman–Crippen MR) is 76.5 cm³/mol. The second-order valence-electron chi connectivity index (χ2n) is 7.93. The third kappa shape index (κ3) is 1.39. The second-order valence-corrected chi connectivity index (χ2v) is 7.93. The Morgan fingerprint density at radius 3 is 2.63 bits per heavy atom. The van der Waals surface area contributed by atoms with Crippen molar-refractivity contribution in [1.29, 1.82) is 0 Å². The van der Waals surface area contributed by atoms with Crippen LogP contribution in [-0.4, -0.2) is 5.78 Å². The summed E-state index contributed by atoms with van der Waals surface area (Å²) < 4.78 is 0. The molecule has 0 aromatic rings. The van der Waals surface area contributed by atoms with E-state index >= 15 is 0 Å². The SMILES string of the molecule is C=CC[C@@]1(C)C(=O)C=CC23CC4CC(CC(C4)[C@@H]21)C3. The lowest BCUT2D eigenvalue weighted by molar-refractivity contribution is -0.157. The first-order chi connectivity index (χ1) is 9.07. The van der Waals surface area contributed by atoms with Gasteiger partial charge in [0, 0.05) is 5.41 Å². The van der Waals surface area contributed by atoms with E-state index in [9.17, 15) is 4.79 Å². The van der Waals surface area contributed by atoms with E-state index in [4.69, 9.17) is 0 Å². The van der Waals surface area contributed by atoms with E-state index in [0.717, 1.165) is 24.2 Å². The fraction of sp³-hybridized carbons (Fsp3) is 0.722. The number of hydrogen-bond acceptors (Lipinski definition) is 1. The van der Waals surface area contributed by atoms with E-state index in [0.29, 0.717) is 17.1 Å². The van der Waals surface area contributed by atoms with Crippen LogP contribution in [0.3, 0.4) is 0 Å². The maximum Gasteiger partial charge on any atom is 0.161 e. The van der Waals surface area contributed by atoms with Gasteiger partial charge in [-0.05, 0) is 73.7 Å². The lowest BCUT2D eigenvalue weighted by Crippen LogP contribution is -2.60. The smallest absolute Gasteiger partial charge is 0.161 e. The van der Waals surface area contributed by atoms with Crippen molar-refractivity contribution in [3.63, 3.8) is 0 Å². The maximum atomic E-state index is 12.5. The summed E-state index contributed by atoms with van der Waals surface area (Å²) in [6.07, 6.45) is 14.0. The minimum Gasteiger partial charge on any atom is -0.294 e. The highest BCUT2D eigenvalue weighted by molar-refractivity contribution is 5.96. The van der Waals surface area contributed by atoms with Crippen molar-refractivity contribution >= 4 is 5.78 Å². The molecule has 4 atom stereocenters. The number of rotatable bonds is 2. The monoisotopic (exact) mass is 256 g/mol. The summed E-state index contributed by atoms with van der Waals surface area (Å²) in [5.41, 5.74) is 0.189. The molecule has 2 unspecified atom stereocenters. The minimum absolute atomic E-state index is 0.172. The van der Waals surface area contributed by atoms with Crippen LogP contribution in [0.25, 0.3) is 0 Å². The van der Waals surface area contributed by atoms with Crippen molar-refractivity contribution < 1.29 is 4.79 Å². The molecule has 4 saturated carbocycles. The normalized spacial score (nSPS) is 54.3. The van der Waals surface area contributed by atoms with Crippen LogP contribution in [0, 0.1) is 34.5 Å². The first-order valence-corrected chi connectivity index (χ1v) is 7.92. The van der Waals surface area contributed by atoms with Gasteiger partial charge in [0.05, 0.1) is 0 Å². The largest absolute Gasteiger partial charge is 0.294 e. The molecule has 0 saturated heterocycles. The molecule has 1 heteroatoms. The van der Waals surface area contributed by atoms with Gasteiger partial charge in [-0.1, -0.05) is 19.1 Å². The van der Waals surface area contributed by atoms with Crippen molar-refractivity contribution in [2.75, 3.05) is 0 Å². The third-order valence-electron chi connectivity index (χ3n) is 6.75. The molecule has 0 radical (unpaired) electrons. The third-order valence-corrected chi connectivity index (χ3v) is 6.75. The molecule has 5 rings (SSSR count). The fourth-order valence-corrected chi connectivity index (χ4v) is 6.61. The highest BCUT2D eigenvalue weighted by Gasteiger charge is 2.63. The molecule has 1 nitrogen and oxygen atoms in total. The lowest BCUT2D eigenvalue weighted by Gasteiger charge is -2.65. The highest BCUT2D eigenvalue weighted by atomic mass is 16.1. The average molecular weight is 256 g/mol. The second kappa shape index (κ2) is 3.62. The summed E-state index contributed by atoms with van der Waals surface area (Å²) >= 11 is 0.